The van der Waals surface area contributed by atoms with Crippen molar-refractivity contribution in [3.63, 3.8) is 0 Å². The molecule has 0 aromatic heterocycles. The molecule has 0 saturated carbocycles. The highest BCUT2D eigenvalue weighted by Crippen LogP contribution is 2.22. The molecule has 1 aromatic rings. The van der Waals surface area contributed by atoms with Crippen molar-refractivity contribution < 1.29 is 15.0 Å². The van der Waals surface area contributed by atoms with Crippen LogP contribution in [0.3, 0.4) is 0 Å². The van der Waals surface area contributed by atoms with Crippen molar-refractivity contribution in [3.8, 4) is 5.75 Å². The molecular formula is C13H20O3. The molecule has 0 radical (unpaired) electrons. The number of phenolic OH excluding ortho intramolecular Hbond substituents is 1. The second kappa shape index (κ2) is 6.88. The van der Waals surface area contributed by atoms with E-state index in [1.165, 1.54) is 11.1 Å². The van der Waals surface area contributed by atoms with E-state index in [0.717, 1.165) is 0 Å². The number of hydrogen-bond acceptors (Lipinski definition) is 2. The molecule has 0 aliphatic rings. The molecule has 0 unspecified atom stereocenters. The van der Waals surface area contributed by atoms with Crippen molar-refractivity contribution in [2.75, 3.05) is 0 Å². The largest absolute Gasteiger partial charge is 0.508 e. The molecule has 0 aliphatic heterocycles. The quantitative estimate of drug-likeness (QED) is 0.810. The third kappa shape index (κ3) is 5.39. The van der Waals surface area contributed by atoms with Gasteiger partial charge in [0.25, 0.3) is 0 Å². The maximum atomic E-state index is 9.37. The Morgan fingerprint density at radius 2 is 1.88 bits per heavy atom. The molecule has 0 saturated heterocycles. The third-order valence-electron chi connectivity index (χ3n) is 2.18. The summed E-state index contributed by atoms with van der Waals surface area (Å²) in [5.41, 5.74) is 2.47. The molecule has 0 heterocycles. The highest BCUT2D eigenvalue weighted by atomic mass is 16.4. The average molecular weight is 224 g/mol. The van der Waals surface area contributed by atoms with Crippen LogP contribution in [0, 0.1) is 6.92 Å². The first-order valence-electron chi connectivity index (χ1n) is 5.39. The van der Waals surface area contributed by atoms with Crippen LogP contribution in [0.2, 0.25) is 0 Å². The summed E-state index contributed by atoms with van der Waals surface area (Å²) in [6.45, 7) is 7.93. The first kappa shape index (κ1) is 14.5. The lowest BCUT2D eigenvalue weighted by Crippen LogP contribution is -1.90. The number of aliphatic carboxylic acids is 1. The molecular weight excluding hydrogens is 204 g/mol. The van der Waals surface area contributed by atoms with Crippen LogP contribution in [-0.2, 0) is 4.79 Å². The van der Waals surface area contributed by atoms with Crippen LogP contribution in [0.25, 0.3) is 0 Å². The van der Waals surface area contributed by atoms with Crippen LogP contribution in [-0.4, -0.2) is 16.2 Å². The Labute approximate surface area is 96.7 Å². The molecule has 1 rings (SSSR count). The van der Waals surface area contributed by atoms with Crippen LogP contribution in [0.5, 0.6) is 5.75 Å². The molecule has 1 aromatic carbocycles. The van der Waals surface area contributed by atoms with Crippen LogP contribution < -0.4 is 0 Å². The molecule has 0 fully saturated rings. The van der Waals surface area contributed by atoms with Gasteiger partial charge in [0.2, 0.25) is 0 Å². The van der Waals surface area contributed by atoms with Crippen LogP contribution in [0.4, 0.5) is 0 Å². The van der Waals surface area contributed by atoms with Gasteiger partial charge in [-0.2, -0.15) is 0 Å². The minimum Gasteiger partial charge on any atom is -0.508 e. The van der Waals surface area contributed by atoms with Gasteiger partial charge in [0.05, 0.1) is 0 Å². The van der Waals surface area contributed by atoms with E-state index in [0.29, 0.717) is 11.7 Å². The summed E-state index contributed by atoms with van der Waals surface area (Å²) in [4.78, 5) is 9.37. The van der Waals surface area contributed by atoms with Gasteiger partial charge in [0, 0.05) is 6.42 Å². The van der Waals surface area contributed by atoms with Gasteiger partial charge in [0.15, 0.2) is 0 Å². The molecule has 3 nitrogen and oxygen atoms in total. The van der Waals surface area contributed by atoms with Gasteiger partial charge in [-0.05, 0) is 36.1 Å². The monoisotopic (exact) mass is 224 g/mol. The summed E-state index contributed by atoms with van der Waals surface area (Å²) in [7, 11) is 0. The van der Waals surface area contributed by atoms with Crippen LogP contribution in [0.1, 0.15) is 44.2 Å². The zero-order chi connectivity index (χ0) is 12.7. The number of benzene rings is 1. The number of aryl methyl sites for hydroxylation is 1. The summed E-state index contributed by atoms with van der Waals surface area (Å²) in [5.74, 6) is 0.146. The fraction of sp³-hybridized carbons (Fsp3) is 0.462. The van der Waals surface area contributed by atoms with Crippen molar-refractivity contribution >= 4 is 5.97 Å². The van der Waals surface area contributed by atoms with E-state index >= 15 is 0 Å². The maximum absolute atomic E-state index is 9.37. The number of carboxylic acid groups (broad SMARTS) is 1. The van der Waals surface area contributed by atoms with E-state index in [2.05, 4.69) is 13.8 Å². The summed E-state index contributed by atoms with van der Waals surface area (Å²) in [5, 5.41) is 16.8. The molecule has 0 atom stereocenters. The van der Waals surface area contributed by atoms with Crippen LogP contribution >= 0.6 is 0 Å². The minimum atomic E-state index is -0.745. The molecule has 0 bridgehead atoms. The second-order valence-electron chi connectivity index (χ2n) is 3.94. The van der Waals surface area contributed by atoms with Gasteiger partial charge in [-0.3, -0.25) is 4.79 Å². The highest BCUT2D eigenvalue weighted by Gasteiger charge is 2.02. The Morgan fingerprint density at radius 3 is 2.19 bits per heavy atom. The molecule has 3 heteroatoms. The zero-order valence-corrected chi connectivity index (χ0v) is 10.3. The summed E-state index contributed by atoms with van der Waals surface area (Å²) in [6.07, 6.45) is 0.222. The van der Waals surface area contributed by atoms with E-state index in [-0.39, 0.29) is 6.42 Å². The fourth-order valence-electron chi connectivity index (χ4n) is 1.31. The van der Waals surface area contributed by atoms with E-state index in [4.69, 9.17) is 10.2 Å². The highest BCUT2D eigenvalue weighted by molar-refractivity contribution is 5.66. The Kier molecular flexibility index (Phi) is 6.23. The molecule has 16 heavy (non-hydrogen) atoms. The van der Waals surface area contributed by atoms with Gasteiger partial charge >= 0.3 is 5.97 Å². The Balaban J connectivity index is 0.000000385. The van der Waals surface area contributed by atoms with E-state index < -0.39 is 5.97 Å². The normalized spacial score (nSPS) is 9.56. The lowest BCUT2D eigenvalue weighted by molar-refractivity contribution is -0.136. The van der Waals surface area contributed by atoms with Gasteiger partial charge in [-0.25, -0.2) is 0 Å². The number of carboxylic acids is 1. The SMILES string of the molecule is CCC(=O)O.Cc1cc(O)ccc1C(C)C. The Morgan fingerprint density at radius 1 is 1.38 bits per heavy atom. The first-order valence-corrected chi connectivity index (χ1v) is 5.39. The molecule has 2 N–H and O–H groups in total. The van der Waals surface area contributed by atoms with Gasteiger partial charge in [-0.1, -0.05) is 26.8 Å². The topological polar surface area (TPSA) is 57.5 Å². The average Bonchev–Trinajstić information content (AvgIpc) is 2.17. The van der Waals surface area contributed by atoms with Crippen molar-refractivity contribution in [2.45, 2.75) is 40.0 Å². The van der Waals surface area contributed by atoms with E-state index in [1.54, 1.807) is 19.1 Å². The van der Waals surface area contributed by atoms with Crippen molar-refractivity contribution in [1.82, 2.24) is 0 Å². The van der Waals surface area contributed by atoms with E-state index in [1.807, 2.05) is 13.0 Å². The lowest BCUT2D eigenvalue weighted by Gasteiger charge is -2.08. The zero-order valence-electron chi connectivity index (χ0n) is 10.3. The first-order chi connectivity index (χ1) is 7.38. The number of hydrogen-bond donors (Lipinski definition) is 2. The predicted octanol–water partition coefficient (Wildman–Crippen LogP) is 3.31. The number of carbonyl (C=O) groups is 1. The molecule has 0 amide bonds. The third-order valence-corrected chi connectivity index (χ3v) is 2.18. The predicted molar refractivity (Wildman–Crippen MR) is 64.9 cm³/mol. The second-order valence-corrected chi connectivity index (χ2v) is 3.94. The number of rotatable bonds is 2. The fourth-order valence-corrected chi connectivity index (χ4v) is 1.31. The molecule has 0 spiro atoms. The van der Waals surface area contributed by atoms with Gasteiger partial charge in [0.1, 0.15) is 5.75 Å². The Hall–Kier alpha value is -1.51. The summed E-state index contributed by atoms with van der Waals surface area (Å²) in [6, 6.07) is 5.52. The van der Waals surface area contributed by atoms with E-state index in [9.17, 15) is 4.79 Å². The smallest absolute Gasteiger partial charge is 0.303 e. The van der Waals surface area contributed by atoms with Crippen molar-refractivity contribution in [2.24, 2.45) is 0 Å². The van der Waals surface area contributed by atoms with Crippen molar-refractivity contribution in [3.05, 3.63) is 29.3 Å². The number of aromatic hydroxyl groups is 1. The number of phenols is 1. The summed E-state index contributed by atoms with van der Waals surface area (Å²) >= 11 is 0. The summed E-state index contributed by atoms with van der Waals surface area (Å²) < 4.78 is 0. The van der Waals surface area contributed by atoms with Crippen molar-refractivity contribution in [1.29, 1.82) is 0 Å². The maximum Gasteiger partial charge on any atom is 0.303 e. The molecule has 90 valence electrons. The van der Waals surface area contributed by atoms with Crippen LogP contribution in [0.15, 0.2) is 18.2 Å². The minimum absolute atomic E-state index is 0.222. The standard InChI is InChI=1S/C10H14O.C3H6O2/c1-7(2)10-5-4-9(11)6-8(10)3;1-2-3(4)5/h4-7,11H,1-3H3;2H2,1H3,(H,4,5). The Bertz CT molecular complexity index is 343. The van der Waals surface area contributed by atoms with Gasteiger partial charge in [-0.15, -0.1) is 0 Å². The molecule has 0 aliphatic carbocycles. The van der Waals surface area contributed by atoms with Gasteiger partial charge < -0.3 is 10.2 Å². The lowest BCUT2D eigenvalue weighted by atomic mass is 9.98.